The fraction of sp³-hybridized carbons (Fsp3) is 0.417. The van der Waals surface area contributed by atoms with Crippen LogP contribution in [0.25, 0.3) is 0 Å². The van der Waals surface area contributed by atoms with Crippen LogP contribution >= 0.6 is 31.9 Å². The molecule has 0 saturated heterocycles. The van der Waals surface area contributed by atoms with E-state index in [1.165, 1.54) is 0 Å². The third kappa shape index (κ3) is 4.00. The van der Waals surface area contributed by atoms with Crippen LogP contribution in [0.5, 0.6) is 5.75 Å². The molecule has 0 fully saturated rings. The molecule has 1 aromatic rings. The number of benzene rings is 1. The van der Waals surface area contributed by atoms with Crippen molar-refractivity contribution in [1.29, 1.82) is 0 Å². The Kier molecular flexibility index (Phi) is 5.98. The second-order valence-electron chi connectivity index (χ2n) is 3.58. The topological polar surface area (TPSA) is 38.3 Å². The minimum Gasteiger partial charge on any atom is -0.496 e. The first-order valence-corrected chi connectivity index (χ1v) is 7.24. The molecule has 0 heterocycles. The summed E-state index contributed by atoms with van der Waals surface area (Å²) in [6, 6.07) is 5.44. The molecule has 0 bridgehead atoms. The van der Waals surface area contributed by atoms with Crippen molar-refractivity contribution >= 4 is 37.8 Å². The molecule has 0 saturated carbocycles. The number of hydrogen-bond donors (Lipinski definition) is 1. The number of carbonyl (C=O) groups is 1. The quantitative estimate of drug-likeness (QED) is 0.813. The Hall–Kier alpha value is -0.550. The average molecular weight is 365 g/mol. The van der Waals surface area contributed by atoms with Gasteiger partial charge in [0, 0.05) is 16.9 Å². The van der Waals surface area contributed by atoms with E-state index in [0.717, 1.165) is 16.2 Å². The van der Waals surface area contributed by atoms with Crippen molar-refractivity contribution < 1.29 is 9.53 Å². The second-order valence-corrected chi connectivity index (χ2v) is 5.08. The van der Waals surface area contributed by atoms with Crippen molar-refractivity contribution in [2.75, 3.05) is 12.4 Å². The van der Waals surface area contributed by atoms with Crippen molar-refractivity contribution in [3.05, 3.63) is 28.2 Å². The second kappa shape index (κ2) is 7.01. The summed E-state index contributed by atoms with van der Waals surface area (Å²) in [5.74, 6) is 0.647. The maximum absolute atomic E-state index is 11.9. The molecular weight excluding hydrogens is 350 g/mol. The van der Waals surface area contributed by atoms with E-state index in [1.54, 1.807) is 25.3 Å². The van der Waals surface area contributed by atoms with E-state index in [1.807, 2.05) is 6.92 Å². The summed E-state index contributed by atoms with van der Waals surface area (Å²) >= 11 is 6.73. The van der Waals surface area contributed by atoms with Gasteiger partial charge in [0.15, 0.2) is 0 Å². The van der Waals surface area contributed by atoms with Gasteiger partial charge in [0.2, 0.25) is 0 Å². The van der Waals surface area contributed by atoms with Gasteiger partial charge in [0.25, 0.3) is 5.91 Å². The Labute approximate surface area is 118 Å². The van der Waals surface area contributed by atoms with Crippen molar-refractivity contribution in [3.63, 3.8) is 0 Å². The van der Waals surface area contributed by atoms with Crippen LogP contribution in [-0.4, -0.2) is 24.4 Å². The zero-order chi connectivity index (χ0) is 12.8. The summed E-state index contributed by atoms with van der Waals surface area (Å²) in [6.07, 6.45) is 0.897. The van der Waals surface area contributed by atoms with Crippen LogP contribution in [0.2, 0.25) is 0 Å². The van der Waals surface area contributed by atoms with Gasteiger partial charge in [-0.1, -0.05) is 22.9 Å². The van der Waals surface area contributed by atoms with Crippen LogP contribution in [-0.2, 0) is 0 Å². The molecule has 5 heteroatoms. The maximum atomic E-state index is 11.9. The van der Waals surface area contributed by atoms with Crippen molar-refractivity contribution in [2.45, 2.75) is 19.4 Å². The fourth-order valence-corrected chi connectivity index (χ4v) is 2.49. The zero-order valence-corrected chi connectivity index (χ0v) is 13.0. The first-order valence-electron chi connectivity index (χ1n) is 5.32. The van der Waals surface area contributed by atoms with Gasteiger partial charge in [-0.3, -0.25) is 4.79 Å². The lowest BCUT2D eigenvalue weighted by molar-refractivity contribution is 0.0940. The summed E-state index contributed by atoms with van der Waals surface area (Å²) in [6.45, 7) is 2.04. The fourth-order valence-electron chi connectivity index (χ4n) is 1.33. The highest BCUT2D eigenvalue weighted by atomic mass is 79.9. The van der Waals surface area contributed by atoms with Gasteiger partial charge < -0.3 is 10.1 Å². The summed E-state index contributed by atoms with van der Waals surface area (Å²) in [4.78, 5) is 11.9. The van der Waals surface area contributed by atoms with E-state index in [4.69, 9.17) is 4.74 Å². The van der Waals surface area contributed by atoms with Gasteiger partial charge in [-0.15, -0.1) is 0 Å². The van der Waals surface area contributed by atoms with Crippen molar-refractivity contribution in [2.24, 2.45) is 0 Å². The minimum atomic E-state index is -0.0698. The molecule has 0 aliphatic carbocycles. The Bertz CT molecular complexity index is 392. The summed E-state index contributed by atoms with van der Waals surface area (Å²) in [7, 11) is 1.60. The van der Waals surface area contributed by atoms with Gasteiger partial charge in [-0.2, -0.15) is 0 Å². The van der Waals surface area contributed by atoms with E-state index in [2.05, 4.69) is 37.2 Å². The molecule has 1 N–H and O–H groups in total. The number of carbonyl (C=O) groups excluding carboxylic acids is 1. The summed E-state index contributed by atoms with van der Waals surface area (Å²) in [5.41, 5.74) is 0.622. The van der Waals surface area contributed by atoms with Crippen molar-refractivity contribution in [3.8, 4) is 5.75 Å². The molecule has 3 nitrogen and oxygen atoms in total. The van der Waals surface area contributed by atoms with Gasteiger partial charge in [0.1, 0.15) is 5.75 Å². The molecule has 1 amide bonds. The van der Waals surface area contributed by atoms with Crippen LogP contribution < -0.4 is 10.1 Å². The minimum absolute atomic E-state index is 0.0698. The first kappa shape index (κ1) is 14.5. The average Bonchev–Trinajstić information content (AvgIpc) is 2.35. The molecule has 1 rings (SSSR count). The standard InChI is InChI=1S/C12H15Br2NO2/c1-3-9(7-13)15-12(16)8-4-5-11(17-2)10(14)6-8/h4-6,9H,3,7H2,1-2H3,(H,15,16). The molecule has 0 radical (unpaired) electrons. The summed E-state index contributed by atoms with van der Waals surface area (Å²) < 4.78 is 5.89. The van der Waals surface area contributed by atoms with E-state index in [9.17, 15) is 4.79 Å². The smallest absolute Gasteiger partial charge is 0.251 e. The first-order chi connectivity index (χ1) is 8.12. The van der Waals surface area contributed by atoms with Crippen molar-refractivity contribution in [1.82, 2.24) is 5.32 Å². The number of amides is 1. The Balaban J connectivity index is 2.79. The van der Waals surface area contributed by atoms with Crippen LogP contribution in [0.1, 0.15) is 23.7 Å². The monoisotopic (exact) mass is 363 g/mol. The number of halogens is 2. The lowest BCUT2D eigenvalue weighted by Crippen LogP contribution is -2.35. The van der Waals surface area contributed by atoms with Gasteiger partial charge in [-0.05, 0) is 40.5 Å². The van der Waals surface area contributed by atoms with Gasteiger partial charge in [-0.25, -0.2) is 0 Å². The predicted molar refractivity (Wildman–Crippen MR) is 76.0 cm³/mol. The predicted octanol–water partition coefficient (Wildman–Crippen LogP) is 3.36. The van der Waals surface area contributed by atoms with E-state index >= 15 is 0 Å². The molecule has 94 valence electrons. The lowest BCUT2D eigenvalue weighted by atomic mass is 10.2. The van der Waals surface area contributed by atoms with Crippen LogP contribution in [0.3, 0.4) is 0 Å². The third-order valence-corrected chi connectivity index (χ3v) is 3.83. The molecule has 1 aromatic carbocycles. The zero-order valence-electron chi connectivity index (χ0n) is 9.80. The van der Waals surface area contributed by atoms with Crippen LogP contribution in [0, 0.1) is 0 Å². The number of ether oxygens (including phenoxy) is 1. The molecule has 0 aliphatic rings. The van der Waals surface area contributed by atoms with Gasteiger partial charge in [0.05, 0.1) is 11.6 Å². The number of alkyl halides is 1. The Morgan fingerprint density at radius 1 is 1.53 bits per heavy atom. The van der Waals surface area contributed by atoms with E-state index in [0.29, 0.717) is 11.3 Å². The van der Waals surface area contributed by atoms with E-state index < -0.39 is 0 Å². The summed E-state index contributed by atoms with van der Waals surface area (Å²) in [5, 5.41) is 3.71. The molecule has 1 unspecified atom stereocenters. The largest absolute Gasteiger partial charge is 0.496 e. The molecular formula is C12H15Br2NO2. The number of rotatable bonds is 5. The van der Waals surface area contributed by atoms with Crippen LogP contribution in [0.4, 0.5) is 0 Å². The molecule has 1 atom stereocenters. The Morgan fingerprint density at radius 2 is 2.24 bits per heavy atom. The lowest BCUT2D eigenvalue weighted by Gasteiger charge is -2.14. The highest BCUT2D eigenvalue weighted by Crippen LogP contribution is 2.25. The SMILES string of the molecule is CCC(CBr)NC(=O)c1ccc(OC)c(Br)c1. The molecule has 0 spiro atoms. The number of nitrogens with one attached hydrogen (secondary N) is 1. The Morgan fingerprint density at radius 3 is 2.71 bits per heavy atom. The molecule has 17 heavy (non-hydrogen) atoms. The van der Waals surface area contributed by atoms with Crippen LogP contribution in [0.15, 0.2) is 22.7 Å². The highest BCUT2D eigenvalue weighted by molar-refractivity contribution is 9.10. The molecule has 0 aromatic heterocycles. The normalized spacial score (nSPS) is 12.0. The third-order valence-electron chi connectivity index (χ3n) is 2.43. The maximum Gasteiger partial charge on any atom is 0.251 e. The highest BCUT2D eigenvalue weighted by Gasteiger charge is 2.12. The molecule has 0 aliphatic heterocycles. The van der Waals surface area contributed by atoms with E-state index in [-0.39, 0.29) is 11.9 Å². The number of hydrogen-bond acceptors (Lipinski definition) is 2. The van der Waals surface area contributed by atoms with Gasteiger partial charge >= 0.3 is 0 Å². The number of methoxy groups -OCH3 is 1.